The summed E-state index contributed by atoms with van der Waals surface area (Å²) >= 11 is 0. The number of aryl methyl sites for hydroxylation is 1. The van der Waals surface area contributed by atoms with E-state index >= 15 is 0 Å². The number of likely N-dealkylation sites (tertiary alicyclic amines) is 2. The highest BCUT2D eigenvalue weighted by atomic mass is 19.4. The van der Waals surface area contributed by atoms with Crippen molar-refractivity contribution in [1.82, 2.24) is 34.7 Å². The maximum absolute atomic E-state index is 14.0. The van der Waals surface area contributed by atoms with Gasteiger partial charge in [-0.25, -0.2) is 9.67 Å². The van der Waals surface area contributed by atoms with Crippen molar-refractivity contribution in [1.29, 1.82) is 5.26 Å². The molecule has 1 aromatic carbocycles. The van der Waals surface area contributed by atoms with Crippen LogP contribution in [0.15, 0.2) is 24.3 Å². The van der Waals surface area contributed by atoms with Crippen molar-refractivity contribution in [2.24, 2.45) is 7.05 Å². The molecule has 2 aliphatic heterocycles. The largest absolute Gasteiger partial charge is 0.492 e. The van der Waals surface area contributed by atoms with Crippen LogP contribution in [0.5, 0.6) is 5.75 Å². The van der Waals surface area contributed by atoms with E-state index < -0.39 is 11.7 Å². The van der Waals surface area contributed by atoms with Crippen molar-refractivity contribution in [3.63, 3.8) is 0 Å². The van der Waals surface area contributed by atoms with Crippen LogP contribution in [0.4, 0.5) is 13.2 Å². The summed E-state index contributed by atoms with van der Waals surface area (Å²) in [4.78, 5) is 22.2. The number of pyridine rings is 1. The number of benzene rings is 1. The molecule has 0 unspecified atom stereocenters. The van der Waals surface area contributed by atoms with Crippen molar-refractivity contribution in [2.75, 3.05) is 46.9 Å². The first-order valence-electron chi connectivity index (χ1n) is 12.2. The Morgan fingerprint density at radius 2 is 1.95 bits per heavy atom. The second kappa shape index (κ2) is 9.85. The molecule has 1 amide bonds. The van der Waals surface area contributed by atoms with Gasteiger partial charge >= 0.3 is 6.18 Å². The molecule has 0 N–H and O–H groups in total. The SMILES string of the molecule is CN(C)C(=O)CN1C[C@@H]2C[C@H]1CN2CCOc1ccc(-c2cc3c(nnn3C)c(C#N)n2)cc1C(F)(F)F. The molecule has 3 aromatic rings. The number of hydrogen-bond acceptors (Lipinski definition) is 8. The van der Waals surface area contributed by atoms with E-state index in [9.17, 15) is 23.2 Å². The third-order valence-electron chi connectivity index (χ3n) is 7.23. The molecule has 38 heavy (non-hydrogen) atoms. The summed E-state index contributed by atoms with van der Waals surface area (Å²) in [5.74, 6) is -0.195. The Hall–Kier alpha value is -3.76. The van der Waals surface area contributed by atoms with Gasteiger partial charge in [0, 0.05) is 58.4 Å². The van der Waals surface area contributed by atoms with Crippen LogP contribution in [-0.4, -0.2) is 99.5 Å². The molecule has 2 atom stereocenters. The molecule has 13 heteroatoms. The number of alkyl halides is 3. The number of amides is 1. The van der Waals surface area contributed by atoms with Crippen molar-refractivity contribution in [3.8, 4) is 23.1 Å². The van der Waals surface area contributed by atoms with Crippen LogP contribution in [0, 0.1) is 11.3 Å². The first-order chi connectivity index (χ1) is 18.0. The molecule has 2 bridgehead atoms. The average molecular weight is 529 g/mol. The lowest BCUT2D eigenvalue weighted by atomic mass is 10.1. The van der Waals surface area contributed by atoms with Gasteiger partial charge in [0.2, 0.25) is 5.91 Å². The third-order valence-corrected chi connectivity index (χ3v) is 7.23. The number of piperazine rings is 1. The van der Waals surface area contributed by atoms with Crippen LogP contribution in [0.3, 0.4) is 0 Å². The maximum atomic E-state index is 14.0. The highest BCUT2D eigenvalue weighted by Gasteiger charge is 2.43. The van der Waals surface area contributed by atoms with Crippen LogP contribution in [0.1, 0.15) is 17.7 Å². The zero-order valence-corrected chi connectivity index (χ0v) is 21.2. The molecule has 2 aromatic heterocycles. The number of nitriles is 1. The smallest absolute Gasteiger partial charge is 0.419 e. The summed E-state index contributed by atoms with van der Waals surface area (Å²) in [6.07, 6.45) is -3.70. The molecule has 5 rings (SSSR count). The summed E-state index contributed by atoms with van der Waals surface area (Å²) in [5, 5.41) is 17.2. The quantitative estimate of drug-likeness (QED) is 0.460. The fourth-order valence-corrected chi connectivity index (χ4v) is 5.18. The minimum atomic E-state index is -4.65. The number of ether oxygens (including phenoxy) is 1. The minimum Gasteiger partial charge on any atom is -0.492 e. The molecule has 2 fully saturated rings. The van der Waals surface area contributed by atoms with Gasteiger partial charge in [0.1, 0.15) is 23.9 Å². The number of fused-ring (bicyclic) bond motifs is 3. The Bertz CT molecular complexity index is 1410. The summed E-state index contributed by atoms with van der Waals surface area (Å²) in [6, 6.07) is 7.81. The van der Waals surface area contributed by atoms with Gasteiger partial charge in [0.15, 0.2) is 5.69 Å². The number of carbonyl (C=O) groups excluding carboxylic acids is 1. The molecule has 2 saturated heterocycles. The Balaban J connectivity index is 1.28. The number of rotatable bonds is 7. The normalized spacial score (nSPS) is 19.7. The fraction of sp³-hybridized carbons (Fsp3) is 0.480. The topological polar surface area (TPSA) is 103 Å². The molecule has 2 aliphatic rings. The minimum absolute atomic E-state index is 0.0101. The Morgan fingerprint density at radius 3 is 2.61 bits per heavy atom. The second-order valence-corrected chi connectivity index (χ2v) is 9.86. The van der Waals surface area contributed by atoms with Crippen molar-refractivity contribution < 1.29 is 22.7 Å². The van der Waals surface area contributed by atoms with E-state index in [1.165, 1.54) is 16.8 Å². The van der Waals surface area contributed by atoms with Crippen LogP contribution in [0.25, 0.3) is 22.3 Å². The molecule has 4 heterocycles. The molecule has 0 aliphatic carbocycles. The highest BCUT2D eigenvalue weighted by molar-refractivity contribution is 5.83. The number of hydrogen-bond donors (Lipinski definition) is 0. The predicted molar refractivity (Wildman–Crippen MR) is 131 cm³/mol. The van der Waals surface area contributed by atoms with Gasteiger partial charge in [-0.15, -0.1) is 5.10 Å². The van der Waals surface area contributed by atoms with Crippen LogP contribution in [0.2, 0.25) is 0 Å². The highest BCUT2D eigenvalue weighted by Crippen LogP contribution is 2.39. The van der Waals surface area contributed by atoms with E-state index in [0.717, 1.165) is 25.6 Å². The maximum Gasteiger partial charge on any atom is 0.419 e. The number of nitrogens with zero attached hydrogens (tertiary/aromatic N) is 8. The van der Waals surface area contributed by atoms with Gasteiger partial charge in [-0.3, -0.25) is 14.6 Å². The summed E-state index contributed by atoms with van der Waals surface area (Å²) in [6.45, 7) is 2.51. The average Bonchev–Trinajstić information content (AvgIpc) is 3.57. The first kappa shape index (κ1) is 25.9. The van der Waals surface area contributed by atoms with Crippen LogP contribution < -0.4 is 4.74 Å². The molecule has 10 nitrogen and oxygen atoms in total. The Labute approximate surface area is 217 Å². The third kappa shape index (κ3) is 4.89. The number of aromatic nitrogens is 4. The van der Waals surface area contributed by atoms with Crippen molar-refractivity contribution in [2.45, 2.75) is 24.7 Å². The molecule has 0 spiro atoms. The first-order valence-corrected chi connectivity index (χ1v) is 12.2. The molecule has 0 radical (unpaired) electrons. The second-order valence-electron chi connectivity index (χ2n) is 9.86. The molecular weight excluding hydrogens is 501 g/mol. The summed E-state index contributed by atoms with van der Waals surface area (Å²) in [5.41, 5.74) is 0.275. The van der Waals surface area contributed by atoms with Gasteiger partial charge in [-0.05, 0) is 30.7 Å². The molecule has 200 valence electrons. The lowest BCUT2D eigenvalue weighted by molar-refractivity contribution is -0.139. The zero-order chi connectivity index (χ0) is 27.2. The van der Waals surface area contributed by atoms with Gasteiger partial charge < -0.3 is 9.64 Å². The monoisotopic (exact) mass is 528 g/mol. The van der Waals surface area contributed by atoms with Crippen LogP contribution in [-0.2, 0) is 18.0 Å². The standard InChI is InChI=1S/C25H27F3N8O2/c1-33(2)23(37)14-36-13-16-9-17(36)12-35(16)6-7-38-22-5-4-15(8-18(22)25(26,27)28)19-10-21-24(20(11-29)30-19)31-32-34(21)3/h4-5,8,10,16-17H,6-7,9,12-14H2,1-3H3/t16-,17-/m0/s1. The zero-order valence-electron chi connectivity index (χ0n) is 21.2. The van der Waals surface area contributed by atoms with Gasteiger partial charge in [-0.2, -0.15) is 18.4 Å². The van der Waals surface area contributed by atoms with E-state index in [0.29, 0.717) is 18.6 Å². The van der Waals surface area contributed by atoms with Gasteiger partial charge in [0.05, 0.1) is 23.3 Å². The van der Waals surface area contributed by atoms with E-state index in [4.69, 9.17) is 4.74 Å². The Morgan fingerprint density at radius 1 is 1.21 bits per heavy atom. The lowest BCUT2D eigenvalue weighted by Gasteiger charge is -2.34. The van der Waals surface area contributed by atoms with E-state index in [2.05, 4.69) is 25.1 Å². The van der Waals surface area contributed by atoms with Crippen LogP contribution >= 0.6 is 0 Å². The lowest BCUT2D eigenvalue weighted by Crippen LogP contribution is -2.50. The van der Waals surface area contributed by atoms with Crippen molar-refractivity contribution >= 4 is 16.9 Å². The van der Waals surface area contributed by atoms with Gasteiger partial charge in [0.25, 0.3) is 0 Å². The summed E-state index contributed by atoms with van der Waals surface area (Å²) in [7, 11) is 5.10. The Kier molecular flexibility index (Phi) is 6.70. The predicted octanol–water partition coefficient (Wildman–Crippen LogP) is 2.15. The van der Waals surface area contributed by atoms with Crippen molar-refractivity contribution in [3.05, 3.63) is 35.5 Å². The summed E-state index contributed by atoms with van der Waals surface area (Å²) < 4.78 is 49.0. The van der Waals surface area contributed by atoms with E-state index in [1.807, 2.05) is 6.07 Å². The van der Waals surface area contributed by atoms with Gasteiger partial charge in [-0.1, -0.05) is 5.21 Å². The molecule has 0 saturated carbocycles. The number of likely N-dealkylation sites (N-methyl/N-ethyl adjacent to an activating group) is 1. The molecular formula is C25H27F3N8O2. The van der Waals surface area contributed by atoms with E-state index in [-0.39, 0.29) is 52.8 Å². The number of halogens is 3. The number of carbonyl (C=O) groups is 1. The van der Waals surface area contributed by atoms with E-state index in [1.54, 1.807) is 32.1 Å². The fourth-order valence-electron chi connectivity index (χ4n) is 5.18.